The first-order chi connectivity index (χ1) is 8.77. The molecule has 0 unspecified atom stereocenters. The molecular weight excluding hydrogens is 260 g/mol. The van der Waals surface area contributed by atoms with Crippen LogP contribution < -0.4 is 0 Å². The molecule has 0 bridgehead atoms. The fraction of sp³-hybridized carbons (Fsp3) is 0.562. The number of hydrogen-bond acceptors (Lipinski definition) is 1. The Morgan fingerprint density at radius 3 is 2.11 bits per heavy atom. The summed E-state index contributed by atoms with van der Waals surface area (Å²) in [7, 11) is 0. The van der Waals surface area contributed by atoms with Crippen LogP contribution in [-0.2, 0) is 4.79 Å². The smallest absolute Gasteiger partial charge is 0.328 e. The van der Waals surface area contributed by atoms with E-state index in [9.17, 15) is 4.79 Å². The lowest BCUT2D eigenvalue weighted by Gasteiger charge is -1.98. The van der Waals surface area contributed by atoms with E-state index in [-0.39, 0.29) is 12.4 Å². The van der Waals surface area contributed by atoms with E-state index in [1.807, 2.05) is 12.2 Å². The molecule has 0 fully saturated rings. The number of unbranched alkanes of at least 4 members (excludes halogenated alkanes) is 7. The van der Waals surface area contributed by atoms with Gasteiger partial charge in [0.05, 0.1) is 0 Å². The summed E-state index contributed by atoms with van der Waals surface area (Å²) in [6.45, 7) is 2.24. The summed E-state index contributed by atoms with van der Waals surface area (Å²) in [4.78, 5) is 10.2. The van der Waals surface area contributed by atoms with Crippen LogP contribution in [0.1, 0.15) is 58.3 Å². The zero-order valence-corrected chi connectivity index (χ0v) is 12.7. The van der Waals surface area contributed by atoms with Gasteiger partial charge in [-0.3, -0.25) is 0 Å². The summed E-state index contributed by atoms with van der Waals surface area (Å²) in [5.74, 6) is -0.910. The van der Waals surface area contributed by atoms with E-state index in [0.29, 0.717) is 0 Å². The van der Waals surface area contributed by atoms with Crippen LogP contribution in [0.25, 0.3) is 0 Å². The molecule has 19 heavy (non-hydrogen) atoms. The number of allylic oxidation sites excluding steroid dienone is 5. The van der Waals surface area contributed by atoms with Gasteiger partial charge in [-0.1, -0.05) is 75.8 Å². The Hall–Kier alpha value is -1.02. The molecule has 3 heteroatoms. The fourth-order valence-corrected chi connectivity index (χ4v) is 1.66. The molecule has 0 aliphatic heterocycles. The zero-order valence-electron chi connectivity index (χ0n) is 11.9. The first-order valence-corrected chi connectivity index (χ1v) is 7.00. The number of rotatable bonds is 11. The average molecular weight is 287 g/mol. The lowest BCUT2D eigenvalue weighted by atomic mass is 10.1. The van der Waals surface area contributed by atoms with Crippen LogP contribution in [0.15, 0.2) is 36.5 Å². The lowest BCUT2D eigenvalue weighted by Crippen LogP contribution is -1.84. The minimum Gasteiger partial charge on any atom is -0.478 e. The second-order valence-electron chi connectivity index (χ2n) is 4.42. The van der Waals surface area contributed by atoms with Gasteiger partial charge in [-0.25, -0.2) is 4.79 Å². The number of aliphatic carboxylic acids is 1. The van der Waals surface area contributed by atoms with E-state index in [1.165, 1.54) is 51.0 Å². The minimum absolute atomic E-state index is 0. The van der Waals surface area contributed by atoms with Gasteiger partial charge in [-0.05, 0) is 12.8 Å². The second kappa shape index (κ2) is 17.0. The Kier molecular flexibility index (Phi) is 18.1. The van der Waals surface area contributed by atoms with Crippen LogP contribution in [0.5, 0.6) is 0 Å². The first kappa shape index (κ1) is 20.3. The summed E-state index contributed by atoms with van der Waals surface area (Å²) < 4.78 is 0. The number of carboxylic acid groups (broad SMARTS) is 1. The number of carboxylic acids is 1. The largest absolute Gasteiger partial charge is 0.478 e. The quantitative estimate of drug-likeness (QED) is 0.318. The van der Waals surface area contributed by atoms with Gasteiger partial charge in [-0.2, -0.15) is 0 Å². The van der Waals surface area contributed by atoms with Crippen molar-refractivity contribution in [3.05, 3.63) is 36.5 Å². The van der Waals surface area contributed by atoms with Crippen LogP contribution in [0.4, 0.5) is 0 Å². The molecule has 0 atom stereocenters. The molecule has 0 aromatic heterocycles. The topological polar surface area (TPSA) is 37.3 Å². The number of carbonyl (C=O) groups is 1. The van der Waals surface area contributed by atoms with Crippen molar-refractivity contribution in [3.8, 4) is 0 Å². The van der Waals surface area contributed by atoms with Crippen LogP contribution >= 0.6 is 12.4 Å². The summed E-state index contributed by atoms with van der Waals surface area (Å²) >= 11 is 0. The maximum atomic E-state index is 10.2. The van der Waals surface area contributed by atoms with Crippen LogP contribution in [0.3, 0.4) is 0 Å². The molecule has 0 saturated carbocycles. The lowest BCUT2D eigenvalue weighted by molar-refractivity contribution is -0.131. The molecule has 1 N–H and O–H groups in total. The Labute approximate surface area is 123 Å². The molecule has 0 spiro atoms. The third-order valence-corrected chi connectivity index (χ3v) is 2.68. The van der Waals surface area contributed by atoms with Crippen LogP contribution in [0, 0.1) is 0 Å². The predicted molar refractivity (Wildman–Crippen MR) is 84.9 cm³/mol. The van der Waals surface area contributed by atoms with E-state index < -0.39 is 5.97 Å². The highest BCUT2D eigenvalue weighted by Gasteiger charge is 1.88. The monoisotopic (exact) mass is 286 g/mol. The van der Waals surface area contributed by atoms with Gasteiger partial charge in [0, 0.05) is 6.08 Å². The summed E-state index contributed by atoms with van der Waals surface area (Å²) in [6, 6.07) is 0. The maximum Gasteiger partial charge on any atom is 0.328 e. The van der Waals surface area contributed by atoms with Crippen molar-refractivity contribution in [1.29, 1.82) is 0 Å². The SMILES string of the molecule is CCCCCCCCC/C=C/C=C/C=C/C(=O)O.Cl. The molecule has 0 radical (unpaired) electrons. The van der Waals surface area contributed by atoms with Crippen molar-refractivity contribution >= 4 is 18.4 Å². The Morgan fingerprint density at radius 1 is 0.895 bits per heavy atom. The molecule has 0 aliphatic carbocycles. The van der Waals surface area contributed by atoms with E-state index in [4.69, 9.17) is 5.11 Å². The summed E-state index contributed by atoms with van der Waals surface area (Å²) in [5.41, 5.74) is 0. The highest BCUT2D eigenvalue weighted by molar-refractivity contribution is 5.85. The Balaban J connectivity index is 0. The van der Waals surface area contributed by atoms with Gasteiger partial charge in [0.15, 0.2) is 0 Å². The van der Waals surface area contributed by atoms with Crippen molar-refractivity contribution < 1.29 is 9.90 Å². The summed E-state index contributed by atoms with van der Waals surface area (Å²) in [6.07, 6.45) is 20.8. The Bertz CT molecular complexity index is 280. The maximum absolute atomic E-state index is 10.2. The average Bonchev–Trinajstić information content (AvgIpc) is 2.34. The van der Waals surface area contributed by atoms with Gasteiger partial charge in [0.2, 0.25) is 0 Å². The molecule has 110 valence electrons. The first-order valence-electron chi connectivity index (χ1n) is 7.00. The van der Waals surface area contributed by atoms with Crippen LogP contribution in [0.2, 0.25) is 0 Å². The molecule has 0 amide bonds. The molecule has 0 aromatic rings. The standard InChI is InChI=1S/C16H26O2.ClH/c1-2-3-4-5-6-7-8-9-10-11-12-13-14-15-16(17)18;/h10-15H,2-9H2,1H3,(H,17,18);1H/b11-10+,13-12+,15-14+;. The van der Waals surface area contributed by atoms with Gasteiger partial charge in [-0.15, -0.1) is 12.4 Å². The van der Waals surface area contributed by atoms with Crippen LogP contribution in [-0.4, -0.2) is 11.1 Å². The number of halogens is 1. The molecular formula is C16H27ClO2. The van der Waals surface area contributed by atoms with Crippen molar-refractivity contribution in [2.24, 2.45) is 0 Å². The van der Waals surface area contributed by atoms with Gasteiger partial charge < -0.3 is 5.11 Å². The third kappa shape index (κ3) is 19.5. The van der Waals surface area contributed by atoms with Crippen molar-refractivity contribution in [1.82, 2.24) is 0 Å². The molecule has 0 saturated heterocycles. The van der Waals surface area contributed by atoms with Crippen molar-refractivity contribution in [2.45, 2.75) is 58.3 Å². The van der Waals surface area contributed by atoms with E-state index in [1.54, 1.807) is 6.08 Å². The van der Waals surface area contributed by atoms with Crippen molar-refractivity contribution in [3.63, 3.8) is 0 Å². The van der Waals surface area contributed by atoms with Gasteiger partial charge in [0.25, 0.3) is 0 Å². The number of hydrogen-bond donors (Lipinski definition) is 1. The summed E-state index contributed by atoms with van der Waals surface area (Å²) in [5, 5.41) is 8.35. The minimum atomic E-state index is -0.910. The van der Waals surface area contributed by atoms with E-state index in [0.717, 1.165) is 12.5 Å². The molecule has 2 nitrogen and oxygen atoms in total. The van der Waals surface area contributed by atoms with E-state index >= 15 is 0 Å². The molecule has 0 aromatic carbocycles. The van der Waals surface area contributed by atoms with E-state index in [2.05, 4.69) is 13.0 Å². The molecule has 0 rings (SSSR count). The fourth-order valence-electron chi connectivity index (χ4n) is 1.66. The zero-order chi connectivity index (χ0) is 13.5. The highest BCUT2D eigenvalue weighted by Crippen LogP contribution is 2.08. The van der Waals surface area contributed by atoms with Gasteiger partial charge in [0.1, 0.15) is 0 Å². The normalized spacial score (nSPS) is 11.4. The Morgan fingerprint density at radius 2 is 1.47 bits per heavy atom. The van der Waals surface area contributed by atoms with Gasteiger partial charge >= 0.3 is 5.97 Å². The second-order valence-corrected chi connectivity index (χ2v) is 4.42. The highest BCUT2D eigenvalue weighted by atomic mass is 35.5. The predicted octanol–water partition coefficient (Wildman–Crippen LogP) is 5.30. The third-order valence-electron chi connectivity index (χ3n) is 2.68. The molecule has 0 heterocycles. The molecule has 0 aliphatic rings. The van der Waals surface area contributed by atoms with Crippen molar-refractivity contribution in [2.75, 3.05) is 0 Å².